The van der Waals surface area contributed by atoms with Crippen molar-refractivity contribution < 1.29 is 17.6 Å². The molecule has 0 aromatic heterocycles. The van der Waals surface area contributed by atoms with E-state index in [1.165, 1.54) is 31.3 Å². The zero-order chi connectivity index (χ0) is 17.7. The van der Waals surface area contributed by atoms with E-state index in [0.717, 1.165) is 11.1 Å². The molecule has 0 bridgehead atoms. The maximum Gasteiger partial charge on any atom is 0.240 e. The minimum Gasteiger partial charge on any atom is -0.324 e. The Morgan fingerprint density at radius 3 is 2.38 bits per heavy atom. The second kappa shape index (κ2) is 7.55. The largest absolute Gasteiger partial charge is 0.324 e. The lowest BCUT2D eigenvalue weighted by Crippen LogP contribution is -2.18. The lowest BCUT2D eigenvalue weighted by atomic mass is 10.1. The Labute approximate surface area is 141 Å². The molecule has 0 aliphatic carbocycles. The fourth-order valence-electron chi connectivity index (χ4n) is 2.15. The molecular weight excluding hydrogens is 331 g/mol. The lowest BCUT2D eigenvalue weighted by molar-refractivity contribution is -0.116. The van der Waals surface area contributed by atoms with Crippen LogP contribution in [0.15, 0.2) is 47.4 Å². The summed E-state index contributed by atoms with van der Waals surface area (Å²) >= 11 is 0. The van der Waals surface area contributed by atoms with Crippen molar-refractivity contribution in [3.8, 4) is 0 Å². The summed E-state index contributed by atoms with van der Waals surface area (Å²) in [6.07, 6.45) is 0.602. The van der Waals surface area contributed by atoms with Gasteiger partial charge in [0, 0.05) is 6.42 Å². The highest BCUT2D eigenvalue weighted by atomic mass is 32.2. The Morgan fingerprint density at radius 2 is 1.79 bits per heavy atom. The standard InChI is InChI=1S/C17H19FN2O3S/c1-12-3-9-16(15(18)11-12)20-17(21)10-6-13-4-7-14(8-5-13)24(22,23)19-2/h3-5,7-9,11,19H,6,10H2,1-2H3,(H,20,21). The maximum absolute atomic E-state index is 13.7. The Balaban J connectivity index is 1.94. The number of hydrogen-bond donors (Lipinski definition) is 2. The monoisotopic (exact) mass is 350 g/mol. The number of carbonyl (C=O) groups is 1. The van der Waals surface area contributed by atoms with Crippen LogP contribution in [0.2, 0.25) is 0 Å². The Hall–Kier alpha value is -2.25. The zero-order valence-corrected chi connectivity index (χ0v) is 14.3. The molecular formula is C17H19FN2O3S. The topological polar surface area (TPSA) is 75.3 Å². The predicted molar refractivity (Wildman–Crippen MR) is 90.8 cm³/mol. The number of halogens is 1. The van der Waals surface area contributed by atoms with E-state index in [1.54, 1.807) is 25.1 Å². The van der Waals surface area contributed by atoms with Crippen molar-refractivity contribution in [1.82, 2.24) is 4.72 Å². The van der Waals surface area contributed by atoms with E-state index in [0.29, 0.717) is 6.42 Å². The number of anilines is 1. The normalized spacial score (nSPS) is 11.3. The van der Waals surface area contributed by atoms with Crippen molar-refractivity contribution in [3.05, 3.63) is 59.4 Å². The molecule has 0 fully saturated rings. The van der Waals surface area contributed by atoms with Crippen LogP contribution >= 0.6 is 0 Å². The molecule has 5 nitrogen and oxygen atoms in total. The van der Waals surface area contributed by atoms with Crippen molar-refractivity contribution in [2.45, 2.75) is 24.7 Å². The number of aryl methyl sites for hydroxylation is 2. The molecule has 7 heteroatoms. The van der Waals surface area contributed by atoms with Crippen LogP contribution in [0.4, 0.5) is 10.1 Å². The Morgan fingerprint density at radius 1 is 1.12 bits per heavy atom. The highest BCUT2D eigenvalue weighted by Crippen LogP contribution is 2.16. The minimum absolute atomic E-state index is 0.154. The van der Waals surface area contributed by atoms with Gasteiger partial charge < -0.3 is 5.32 Å². The highest BCUT2D eigenvalue weighted by molar-refractivity contribution is 7.89. The number of benzene rings is 2. The van der Waals surface area contributed by atoms with Gasteiger partial charge in [-0.15, -0.1) is 0 Å². The molecule has 0 saturated carbocycles. The summed E-state index contributed by atoms with van der Waals surface area (Å²) in [7, 11) is -2.12. The first-order valence-electron chi connectivity index (χ1n) is 7.40. The summed E-state index contributed by atoms with van der Waals surface area (Å²) in [5, 5.41) is 2.53. The number of carbonyl (C=O) groups excluding carboxylic acids is 1. The number of amides is 1. The first-order chi connectivity index (χ1) is 11.3. The molecule has 0 saturated heterocycles. The fourth-order valence-corrected chi connectivity index (χ4v) is 2.88. The summed E-state index contributed by atoms with van der Waals surface area (Å²) in [6.45, 7) is 1.77. The lowest BCUT2D eigenvalue weighted by Gasteiger charge is -2.08. The van der Waals surface area contributed by atoms with Gasteiger partial charge in [0.15, 0.2) is 0 Å². The SMILES string of the molecule is CNS(=O)(=O)c1ccc(CCC(=O)Nc2ccc(C)cc2F)cc1. The van der Waals surface area contributed by atoms with Gasteiger partial charge in [-0.05, 0) is 55.8 Å². The van der Waals surface area contributed by atoms with E-state index < -0.39 is 15.8 Å². The number of sulfonamides is 1. The molecule has 2 aromatic carbocycles. The van der Waals surface area contributed by atoms with Gasteiger partial charge in [0.2, 0.25) is 15.9 Å². The second-order valence-corrected chi connectivity index (χ2v) is 7.27. The van der Waals surface area contributed by atoms with Crippen molar-refractivity contribution in [2.24, 2.45) is 0 Å². The third-order valence-electron chi connectivity index (χ3n) is 3.54. The molecule has 0 radical (unpaired) electrons. The molecule has 0 unspecified atom stereocenters. The summed E-state index contributed by atoms with van der Waals surface area (Å²) in [5.41, 5.74) is 1.76. The Bertz CT molecular complexity index is 833. The predicted octanol–water partition coefficient (Wildman–Crippen LogP) is 2.61. The van der Waals surface area contributed by atoms with E-state index in [1.807, 2.05) is 0 Å². The molecule has 2 rings (SSSR count). The molecule has 1 amide bonds. The van der Waals surface area contributed by atoms with Crippen LogP contribution in [0.1, 0.15) is 17.5 Å². The molecule has 128 valence electrons. The van der Waals surface area contributed by atoms with Gasteiger partial charge in [-0.25, -0.2) is 17.5 Å². The van der Waals surface area contributed by atoms with Gasteiger partial charge in [0.05, 0.1) is 10.6 Å². The van der Waals surface area contributed by atoms with Gasteiger partial charge in [0.1, 0.15) is 5.82 Å². The zero-order valence-electron chi connectivity index (χ0n) is 13.5. The van der Waals surface area contributed by atoms with Crippen LogP contribution in [0.25, 0.3) is 0 Å². The molecule has 0 atom stereocenters. The smallest absolute Gasteiger partial charge is 0.240 e. The molecule has 0 aliphatic rings. The highest BCUT2D eigenvalue weighted by Gasteiger charge is 2.11. The first-order valence-corrected chi connectivity index (χ1v) is 8.88. The molecule has 24 heavy (non-hydrogen) atoms. The van der Waals surface area contributed by atoms with Crippen molar-refractivity contribution >= 4 is 21.6 Å². The van der Waals surface area contributed by atoms with Crippen LogP contribution in [-0.4, -0.2) is 21.4 Å². The summed E-state index contributed by atoms with van der Waals surface area (Å²) in [5.74, 6) is -0.769. The van der Waals surface area contributed by atoms with Gasteiger partial charge in [0.25, 0.3) is 0 Å². The fraction of sp³-hybridized carbons (Fsp3) is 0.235. The first kappa shape index (κ1) is 18.1. The Kier molecular flexibility index (Phi) is 5.69. The average molecular weight is 350 g/mol. The number of nitrogens with one attached hydrogen (secondary N) is 2. The van der Waals surface area contributed by atoms with Crippen LogP contribution < -0.4 is 10.0 Å². The van der Waals surface area contributed by atoms with Crippen LogP contribution in [0.5, 0.6) is 0 Å². The second-order valence-electron chi connectivity index (χ2n) is 5.38. The average Bonchev–Trinajstić information content (AvgIpc) is 2.56. The van der Waals surface area contributed by atoms with Gasteiger partial charge in [-0.1, -0.05) is 18.2 Å². The maximum atomic E-state index is 13.7. The van der Waals surface area contributed by atoms with Gasteiger partial charge in [-0.3, -0.25) is 4.79 Å². The van der Waals surface area contributed by atoms with Gasteiger partial charge >= 0.3 is 0 Å². The van der Waals surface area contributed by atoms with E-state index in [2.05, 4.69) is 10.0 Å². The molecule has 0 aliphatic heterocycles. The van der Waals surface area contributed by atoms with Crippen LogP contribution in [-0.2, 0) is 21.2 Å². The minimum atomic E-state index is -3.47. The summed E-state index contributed by atoms with van der Waals surface area (Å²) in [6, 6.07) is 10.9. The summed E-state index contributed by atoms with van der Waals surface area (Å²) < 4.78 is 39.2. The number of rotatable bonds is 6. The molecule has 2 aromatic rings. The van der Waals surface area contributed by atoms with E-state index in [9.17, 15) is 17.6 Å². The number of hydrogen-bond acceptors (Lipinski definition) is 3. The van der Waals surface area contributed by atoms with Crippen LogP contribution in [0, 0.1) is 12.7 Å². The molecule has 0 heterocycles. The van der Waals surface area contributed by atoms with Crippen molar-refractivity contribution in [2.75, 3.05) is 12.4 Å². The van der Waals surface area contributed by atoms with E-state index in [4.69, 9.17) is 0 Å². The third kappa shape index (κ3) is 4.62. The van der Waals surface area contributed by atoms with E-state index >= 15 is 0 Å². The summed E-state index contributed by atoms with van der Waals surface area (Å²) in [4.78, 5) is 12.1. The molecule has 2 N–H and O–H groups in total. The van der Waals surface area contributed by atoms with Crippen molar-refractivity contribution in [3.63, 3.8) is 0 Å². The van der Waals surface area contributed by atoms with Crippen LogP contribution in [0.3, 0.4) is 0 Å². The quantitative estimate of drug-likeness (QED) is 0.841. The van der Waals surface area contributed by atoms with E-state index in [-0.39, 0.29) is 22.9 Å². The van der Waals surface area contributed by atoms with Gasteiger partial charge in [-0.2, -0.15) is 0 Å². The molecule has 0 spiro atoms. The van der Waals surface area contributed by atoms with Crippen molar-refractivity contribution in [1.29, 1.82) is 0 Å². The third-order valence-corrected chi connectivity index (χ3v) is 4.97.